The second-order valence-electron chi connectivity index (χ2n) is 4.08. The average Bonchev–Trinajstić information content (AvgIpc) is 2.19. The number of hydrogen-bond acceptors (Lipinski definition) is 3. The van der Waals surface area contributed by atoms with Crippen molar-refractivity contribution in [3.05, 3.63) is 12.2 Å². The molecule has 1 aliphatic heterocycles. The number of sulfone groups is 1. The highest BCUT2D eigenvalue weighted by Gasteiger charge is 2.27. The second-order valence-corrected chi connectivity index (χ2v) is 6.48. The average molecular weight is 231 g/mol. The fourth-order valence-electron chi connectivity index (χ4n) is 1.88. The van der Waals surface area contributed by atoms with Crippen LogP contribution in [-0.4, -0.2) is 33.0 Å². The molecule has 1 aliphatic rings. The molecule has 1 saturated heterocycles. The van der Waals surface area contributed by atoms with Crippen molar-refractivity contribution >= 4 is 9.84 Å². The normalized spacial score (nSPS) is 25.8. The summed E-state index contributed by atoms with van der Waals surface area (Å²) in [5, 5.41) is 2.94. The Morgan fingerprint density at radius 3 is 2.80 bits per heavy atom. The standard InChI is InChI=1S/C11H21NO2S/c1-12-9-5-2-3-7-11-8-4-6-10-15(11,13)14/h2-3,11-12H,4-10H2,1H3/b3-2-. The quantitative estimate of drug-likeness (QED) is 0.576. The van der Waals surface area contributed by atoms with Gasteiger partial charge in [-0.1, -0.05) is 18.6 Å². The lowest BCUT2D eigenvalue weighted by atomic mass is 10.1. The maximum Gasteiger partial charge on any atom is 0.153 e. The molecule has 0 amide bonds. The van der Waals surface area contributed by atoms with Crippen molar-refractivity contribution < 1.29 is 8.42 Å². The highest BCUT2D eigenvalue weighted by Crippen LogP contribution is 2.22. The molecule has 1 rings (SSSR count). The van der Waals surface area contributed by atoms with Gasteiger partial charge in [-0.3, -0.25) is 0 Å². The Hall–Kier alpha value is -0.350. The lowest BCUT2D eigenvalue weighted by Crippen LogP contribution is -2.27. The van der Waals surface area contributed by atoms with E-state index in [0.717, 1.165) is 32.2 Å². The van der Waals surface area contributed by atoms with Gasteiger partial charge in [-0.15, -0.1) is 0 Å². The van der Waals surface area contributed by atoms with Gasteiger partial charge < -0.3 is 5.32 Å². The zero-order chi connectivity index (χ0) is 11.1. The smallest absolute Gasteiger partial charge is 0.153 e. The summed E-state index contributed by atoms with van der Waals surface area (Å²) in [4.78, 5) is 0. The van der Waals surface area contributed by atoms with Gasteiger partial charge >= 0.3 is 0 Å². The summed E-state index contributed by atoms with van der Waals surface area (Å²) in [5.74, 6) is 0.391. The maximum atomic E-state index is 11.7. The fourth-order valence-corrected chi connectivity index (χ4v) is 3.75. The van der Waals surface area contributed by atoms with Gasteiger partial charge in [-0.05, 0) is 39.3 Å². The van der Waals surface area contributed by atoms with Gasteiger partial charge in [0.25, 0.3) is 0 Å². The number of hydrogen-bond donors (Lipinski definition) is 1. The molecule has 4 heteroatoms. The maximum absolute atomic E-state index is 11.7. The molecular formula is C11H21NO2S. The van der Waals surface area contributed by atoms with Crippen molar-refractivity contribution in [3.8, 4) is 0 Å². The lowest BCUT2D eigenvalue weighted by molar-refractivity contribution is 0.540. The first-order valence-corrected chi connectivity index (χ1v) is 7.39. The molecule has 1 unspecified atom stereocenters. The van der Waals surface area contributed by atoms with Crippen molar-refractivity contribution in [1.29, 1.82) is 0 Å². The van der Waals surface area contributed by atoms with Crippen LogP contribution >= 0.6 is 0 Å². The van der Waals surface area contributed by atoms with Crippen molar-refractivity contribution in [2.75, 3.05) is 19.3 Å². The molecular weight excluding hydrogens is 210 g/mol. The Labute approximate surface area is 92.9 Å². The third-order valence-corrected chi connectivity index (χ3v) is 5.14. The van der Waals surface area contributed by atoms with Crippen molar-refractivity contribution in [2.45, 2.75) is 37.4 Å². The fraction of sp³-hybridized carbons (Fsp3) is 0.818. The molecule has 0 radical (unpaired) electrons. The monoisotopic (exact) mass is 231 g/mol. The molecule has 0 saturated carbocycles. The Bertz CT molecular complexity index is 296. The summed E-state index contributed by atoms with van der Waals surface area (Å²) in [7, 11) is -0.867. The van der Waals surface area contributed by atoms with Crippen LogP contribution in [0.15, 0.2) is 12.2 Å². The van der Waals surface area contributed by atoms with E-state index in [0.29, 0.717) is 12.2 Å². The summed E-state index contributed by atoms with van der Waals surface area (Å²) >= 11 is 0. The van der Waals surface area contributed by atoms with Crippen LogP contribution < -0.4 is 5.32 Å². The van der Waals surface area contributed by atoms with Crippen molar-refractivity contribution in [1.82, 2.24) is 5.32 Å². The van der Waals surface area contributed by atoms with Crippen LogP contribution in [0, 0.1) is 0 Å². The number of nitrogens with one attached hydrogen (secondary N) is 1. The predicted molar refractivity (Wildman–Crippen MR) is 63.7 cm³/mol. The van der Waals surface area contributed by atoms with Crippen molar-refractivity contribution in [2.24, 2.45) is 0 Å². The molecule has 0 aliphatic carbocycles. The van der Waals surface area contributed by atoms with Gasteiger partial charge in [0, 0.05) is 0 Å². The summed E-state index contributed by atoms with van der Waals surface area (Å²) in [6.45, 7) is 0.952. The zero-order valence-electron chi connectivity index (χ0n) is 9.41. The Kier molecular flexibility index (Phi) is 5.32. The van der Waals surface area contributed by atoms with E-state index < -0.39 is 9.84 Å². The van der Waals surface area contributed by atoms with E-state index in [9.17, 15) is 8.42 Å². The minimum Gasteiger partial charge on any atom is -0.319 e. The SMILES string of the molecule is CNCC/C=C\CC1CCCCS1(=O)=O. The lowest BCUT2D eigenvalue weighted by Gasteiger charge is -2.20. The highest BCUT2D eigenvalue weighted by molar-refractivity contribution is 7.92. The Morgan fingerprint density at radius 1 is 1.33 bits per heavy atom. The predicted octanol–water partition coefficient (Wildman–Crippen LogP) is 1.51. The van der Waals surface area contributed by atoms with Crippen LogP contribution in [0.2, 0.25) is 0 Å². The molecule has 1 atom stereocenters. The second kappa shape index (κ2) is 6.28. The van der Waals surface area contributed by atoms with Gasteiger partial charge in [-0.25, -0.2) is 8.42 Å². The molecule has 0 spiro atoms. The molecule has 88 valence electrons. The van der Waals surface area contributed by atoms with E-state index in [1.807, 2.05) is 13.1 Å². The molecule has 0 bridgehead atoms. The van der Waals surface area contributed by atoms with Crippen LogP contribution in [-0.2, 0) is 9.84 Å². The van der Waals surface area contributed by atoms with Crippen LogP contribution in [0.3, 0.4) is 0 Å². The summed E-state index contributed by atoms with van der Waals surface area (Å²) < 4.78 is 23.3. The highest BCUT2D eigenvalue weighted by atomic mass is 32.2. The van der Waals surface area contributed by atoms with E-state index >= 15 is 0 Å². The van der Waals surface area contributed by atoms with E-state index in [1.54, 1.807) is 0 Å². The Morgan fingerprint density at radius 2 is 2.13 bits per heavy atom. The molecule has 1 N–H and O–H groups in total. The van der Waals surface area contributed by atoms with Gasteiger partial charge in [0.1, 0.15) is 0 Å². The van der Waals surface area contributed by atoms with Crippen molar-refractivity contribution in [3.63, 3.8) is 0 Å². The summed E-state index contributed by atoms with van der Waals surface area (Å²) in [6.07, 6.45) is 8.52. The molecule has 1 heterocycles. The molecule has 0 aromatic carbocycles. The topological polar surface area (TPSA) is 46.2 Å². The first-order chi connectivity index (χ1) is 7.17. The largest absolute Gasteiger partial charge is 0.319 e. The Balaban J connectivity index is 2.33. The van der Waals surface area contributed by atoms with Gasteiger partial charge in [0.15, 0.2) is 9.84 Å². The van der Waals surface area contributed by atoms with E-state index in [-0.39, 0.29) is 5.25 Å². The summed E-state index contributed by atoms with van der Waals surface area (Å²) in [6, 6.07) is 0. The minimum absolute atomic E-state index is 0.114. The molecule has 3 nitrogen and oxygen atoms in total. The summed E-state index contributed by atoms with van der Waals surface area (Å²) in [5.41, 5.74) is 0. The first kappa shape index (κ1) is 12.7. The first-order valence-electron chi connectivity index (χ1n) is 5.68. The van der Waals surface area contributed by atoms with E-state index in [2.05, 4.69) is 11.4 Å². The number of rotatable bonds is 5. The minimum atomic E-state index is -2.78. The molecule has 15 heavy (non-hydrogen) atoms. The van der Waals surface area contributed by atoms with Gasteiger partial charge in [-0.2, -0.15) is 0 Å². The molecule has 0 aromatic rings. The zero-order valence-corrected chi connectivity index (χ0v) is 10.2. The molecule has 0 aromatic heterocycles. The van der Waals surface area contributed by atoms with Gasteiger partial charge in [0.2, 0.25) is 0 Å². The third kappa shape index (κ3) is 4.34. The van der Waals surface area contributed by atoms with E-state index in [4.69, 9.17) is 0 Å². The van der Waals surface area contributed by atoms with Gasteiger partial charge in [0.05, 0.1) is 11.0 Å². The van der Waals surface area contributed by atoms with Crippen LogP contribution in [0.25, 0.3) is 0 Å². The molecule has 1 fully saturated rings. The van der Waals surface area contributed by atoms with Crippen LogP contribution in [0.5, 0.6) is 0 Å². The number of allylic oxidation sites excluding steroid dienone is 1. The van der Waals surface area contributed by atoms with Crippen LogP contribution in [0.4, 0.5) is 0 Å². The third-order valence-electron chi connectivity index (χ3n) is 2.84. The van der Waals surface area contributed by atoms with Crippen LogP contribution in [0.1, 0.15) is 32.1 Å². The van der Waals surface area contributed by atoms with E-state index in [1.165, 1.54) is 0 Å².